The highest BCUT2D eigenvalue weighted by molar-refractivity contribution is 9.11. The second kappa shape index (κ2) is 31.0. The van der Waals surface area contributed by atoms with Gasteiger partial charge in [0.25, 0.3) is 0 Å². The molecule has 6 aliphatic rings. The molecule has 0 amide bonds. The molecule has 8 aromatic rings. The lowest BCUT2D eigenvalue weighted by atomic mass is 9.76. The number of aryl methyl sites for hydroxylation is 2. The number of benzene rings is 3. The molecule has 0 spiro atoms. The van der Waals surface area contributed by atoms with E-state index in [-0.39, 0.29) is 34.1 Å². The van der Waals surface area contributed by atoms with Crippen LogP contribution in [0.5, 0.6) is 0 Å². The highest BCUT2D eigenvalue weighted by atomic mass is 79.9. The summed E-state index contributed by atoms with van der Waals surface area (Å²) in [5.41, 5.74) is 18.9. The van der Waals surface area contributed by atoms with Crippen LogP contribution in [-0.2, 0) is 13.1 Å². The van der Waals surface area contributed by atoms with E-state index < -0.39 is 0 Å². The number of rotatable bonds is 8. The molecular weight excluding hydrogens is 1390 g/mol. The average Bonchev–Trinajstić information content (AvgIpc) is 1.71. The zero-order valence-corrected chi connectivity index (χ0v) is 58.0. The van der Waals surface area contributed by atoms with Crippen LogP contribution in [0, 0.1) is 31.6 Å². The number of pyridine rings is 3. The highest BCUT2D eigenvalue weighted by Gasteiger charge is 2.38. The van der Waals surface area contributed by atoms with Crippen LogP contribution < -0.4 is 0 Å². The Morgan fingerprint density at radius 1 is 0.429 bits per heavy atom. The van der Waals surface area contributed by atoms with Crippen molar-refractivity contribution >= 4 is 118 Å². The van der Waals surface area contributed by atoms with Crippen LogP contribution in [0.25, 0.3) is 34.9 Å². The van der Waals surface area contributed by atoms with Crippen LogP contribution in [0.15, 0.2) is 130 Å². The van der Waals surface area contributed by atoms with Gasteiger partial charge in [0, 0.05) is 119 Å². The van der Waals surface area contributed by atoms with Gasteiger partial charge < -0.3 is 23.8 Å². The molecule has 3 aliphatic carbocycles. The lowest BCUT2D eigenvalue weighted by Gasteiger charge is -2.35. The molecular formula is C75H88Br3Cl3N10. The Bertz CT molecular complexity index is 3760. The third kappa shape index (κ3) is 15.7. The molecule has 3 saturated heterocycles. The van der Waals surface area contributed by atoms with E-state index in [4.69, 9.17) is 49.8 Å². The first-order valence-electron chi connectivity index (χ1n) is 31.0. The maximum atomic E-state index is 6.46. The smallest absolute Gasteiger partial charge is 0.105 e. The quantitative estimate of drug-likeness (QED) is 0.149. The van der Waals surface area contributed by atoms with Gasteiger partial charge in [-0.1, -0.05) is 88.3 Å². The van der Waals surface area contributed by atoms with Gasteiger partial charge in [-0.05, 0) is 302 Å². The molecule has 0 saturated carbocycles. The zero-order valence-electron chi connectivity index (χ0n) is 51.0. The first-order valence-corrected chi connectivity index (χ1v) is 34.6. The van der Waals surface area contributed by atoms with Crippen LogP contribution in [0.1, 0.15) is 171 Å². The molecule has 0 radical (unpaired) electrons. The monoisotopic (exact) mass is 1470 g/mol. The van der Waals surface area contributed by atoms with Gasteiger partial charge in [0.2, 0.25) is 0 Å². The second-order valence-electron chi connectivity index (χ2n) is 25.0. The molecule has 3 unspecified atom stereocenters. The van der Waals surface area contributed by atoms with Crippen molar-refractivity contribution in [2.75, 3.05) is 60.4 Å². The largest absolute Gasteiger partial charge is 0.331 e. The summed E-state index contributed by atoms with van der Waals surface area (Å²) in [4.78, 5) is 31.1. The summed E-state index contributed by atoms with van der Waals surface area (Å²) < 4.78 is 7.44. The van der Waals surface area contributed by atoms with E-state index in [0.29, 0.717) is 23.7 Å². The van der Waals surface area contributed by atoms with Crippen LogP contribution in [-0.4, -0.2) is 109 Å². The SMILES string of the molecule is C.C.C.CCC1=Cc2cc(Cl)ccc2C(C2CCN(C)CC2)c2ncc(Br)cc21.Cc1nccn1CC1=Cc2cc(Cl)ccc2C(C2CCN(C)CC2)c2ncc(Br)cc21.Cc1nccn1CC1=Cc2cc(Cl)ccc2C(C2CCN(C)CC2)c2ncc(Br)cc21. The highest BCUT2D eigenvalue weighted by Crippen LogP contribution is 2.49. The fourth-order valence-electron chi connectivity index (χ4n) is 14.5. The molecule has 5 aromatic heterocycles. The van der Waals surface area contributed by atoms with Crippen molar-refractivity contribution in [3.05, 3.63) is 223 Å². The third-order valence-corrected chi connectivity index (χ3v) is 21.3. The van der Waals surface area contributed by atoms with Gasteiger partial charge in [0.1, 0.15) is 11.6 Å². The summed E-state index contributed by atoms with van der Waals surface area (Å²) in [6.45, 7) is 14.6. The van der Waals surface area contributed by atoms with Crippen molar-refractivity contribution in [2.45, 2.75) is 119 Å². The predicted molar refractivity (Wildman–Crippen MR) is 394 cm³/mol. The number of nitrogens with zero attached hydrogens (tertiary/aromatic N) is 10. The van der Waals surface area contributed by atoms with E-state index in [2.05, 4.69) is 182 Å². The molecule has 480 valence electrons. The number of allylic oxidation sites excluding steroid dienone is 3. The lowest BCUT2D eigenvalue weighted by Crippen LogP contribution is -2.33. The Morgan fingerprint density at radius 3 is 1.01 bits per heavy atom. The van der Waals surface area contributed by atoms with E-state index in [1.807, 2.05) is 75.4 Å². The van der Waals surface area contributed by atoms with Crippen LogP contribution in [0.2, 0.25) is 15.1 Å². The van der Waals surface area contributed by atoms with Gasteiger partial charge in [-0.15, -0.1) is 0 Å². The van der Waals surface area contributed by atoms with E-state index in [1.165, 1.54) is 122 Å². The van der Waals surface area contributed by atoms with Gasteiger partial charge >= 0.3 is 0 Å². The molecule has 8 heterocycles. The van der Waals surface area contributed by atoms with Gasteiger partial charge in [-0.3, -0.25) is 15.0 Å². The number of aromatic nitrogens is 7. The van der Waals surface area contributed by atoms with Gasteiger partial charge in [0.05, 0.1) is 17.1 Å². The Balaban J connectivity index is 0.000000160. The number of imidazole rings is 2. The van der Waals surface area contributed by atoms with Crippen LogP contribution in [0.4, 0.5) is 0 Å². The topological polar surface area (TPSA) is 84.0 Å². The molecule has 0 N–H and O–H groups in total. The lowest BCUT2D eigenvalue weighted by molar-refractivity contribution is 0.206. The van der Waals surface area contributed by atoms with Crippen molar-refractivity contribution in [2.24, 2.45) is 17.8 Å². The van der Waals surface area contributed by atoms with Gasteiger partial charge in [0.15, 0.2) is 0 Å². The molecule has 3 fully saturated rings. The number of piperidine rings is 3. The summed E-state index contributed by atoms with van der Waals surface area (Å²) in [7, 11) is 6.65. The summed E-state index contributed by atoms with van der Waals surface area (Å²) in [5, 5.41) is 2.35. The number of halogens is 6. The summed E-state index contributed by atoms with van der Waals surface area (Å²) in [5.74, 6) is 4.61. The van der Waals surface area contributed by atoms with Crippen LogP contribution in [0.3, 0.4) is 0 Å². The number of fused-ring (bicyclic) bond motifs is 6. The molecule has 16 heteroatoms. The average molecular weight is 1480 g/mol. The van der Waals surface area contributed by atoms with Crippen molar-refractivity contribution in [1.29, 1.82) is 0 Å². The summed E-state index contributed by atoms with van der Waals surface area (Å²) in [6, 6.07) is 25.8. The second-order valence-corrected chi connectivity index (χ2v) is 29.1. The van der Waals surface area contributed by atoms with Crippen molar-refractivity contribution in [3.63, 3.8) is 0 Å². The molecule has 10 nitrogen and oxygen atoms in total. The Morgan fingerprint density at radius 2 is 0.725 bits per heavy atom. The van der Waals surface area contributed by atoms with Crippen molar-refractivity contribution < 1.29 is 0 Å². The first-order chi connectivity index (χ1) is 42.5. The molecule has 91 heavy (non-hydrogen) atoms. The fourth-order valence-corrected chi connectivity index (χ4v) is 16.1. The predicted octanol–water partition coefficient (Wildman–Crippen LogP) is 20.2. The Hall–Kier alpha value is -5.06. The minimum absolute atomic E-state index is 0. The Kier molecular flexibility index (Phi) is 23.9. The van der Waals surface area contributed by atoms with E-state index in [9.17, 15) is 0 Å². The maximum Gasteiger partial charge on any atom is 0.105 e. The molecule has 0 bridgehead atoms. The van der Waals surface area contributed by atoms with Crippen molar-refractivity contribution in [1.82, 2.24) is 48.8 Å². The van der Waals surface area contributed by atoms with E-state index in [1.54, 1.807) is 0 Å². The molecule has 14 rings (SSSR count). The zero-order chi connectivity index (χ0) is 61.3. The molecule has 3 aromatic carbocycles. The summed E-state index contributed by atoms with van der Waals surface area (Å²) >= 11 is 30.2. The maximum absolute atomic E-state index is 6.46. The molecule has 3 aliphatic heterocycles. The number of hydrogen-bond donors (Lipinski definition) is 0. The van der Waals surface area contributed by atoms with Crippen molar-refractivity contribution in [3.8, 4) is 0 Å². The van der Waals surface area contributed by atoms with E-state index >= 15 is 0 Å². The third-order valence-electron chi connectivity index (χ3n) is 19.3. The van der Waals surface area contributed by atoms with E-state index in [0.717, 1.165) is 98.9 Å². The minimum atomic E-state index is 0. The number of hydrogen-bond acceptors (Lipinski definition) is 8. The summed E-state index contributed by atoms with van der Waals surface area (Å²) in [6.07, 6.45) is 28.7. The first kappa shape index (κ1) is 70.3. The molecule has 3 atom stereocenters. The normalized spacial score (nSPS) is 19.3. The fraction of sp³-hybridized carbons (Fsp3) is 0.400. The van der Waals surface area contributed by atoms with Gasteiger partial charge in [-0.25, -0.2) is 9.97 Å². The Labute approximate surface area is 582 Å². The van der Waals surface area contributed by atoms with Gasteiger partial charge in [-0.2, -0.15) is 0 Å². The standard InChI is InChI=1S/2C25H26BrClN4.C22H24BrClN2.3CH4/c2*1-16-28-7-10-31(16)15-19-11-18-12-21(27)3-4-22(18)24(17-5-8-30(2)9-6-17)25-23(19)13-20(26)14-29-25;1-3-14-10-16-11-18(24)4-5-19(16)21(15-6-8-26(2)9-7-15)22-20(14)12-17(23)13-25-22;;;/h2*3-4,7,10-14,17,24H,5-6,8-9,15H2,1-2H3;4-5,10-13,15,21H,3,6-9H2,1-2H3;3*1H4. The minimum Gasteiger partial charge on any atom is -0.331 e. The number of likely N-dealkylation sites (tertiary alicyclic amines) is 3. The van der Waals surface area contributed by atoms with Crippen LogP contribution >= 0.6 is 82.6 Å².